The highest BCUT2D eigenvalue weighted by Crippen LogP contribution is 2.10. The van der Waals surface area contributed by atoms with Gasteiger partial charge in [0.1, 0.15) is 6.04 Å². The first-order valence-electron chi connectivity index (χ1n) is 7.19. The molecule has 1 aromatic rings. The number of likely N-dealkylation sites (N-methyl/N-ethyl adjacent to an activating group) is 1. The molecule has 1 aromatic carbocycles. The molecule has 0 aliphatic heterocycles. The highest BCUT2D eigenvalue weighted by molar-refractivity contribution is 5.87. The van der Waals surface area contributed by atoms with Gasteiger partial charge in [0.2, 0.25) is 11.8 Å². The number of rotatable bonds is 7. The van der Waals surface area contributed by atoms with Crippen LogP contribution in [-0.2, 0) is 16.0 Å². The van der Waals surface area contributed by atoms with Crippen molar-refractivity contribution in [3.63, 3.8) is 0 Å². The molecular weight excluding hydrogens is 252 g/mol. The van der Waals surface area contributed by atoms with Crippen LogP contribution in [0, 0.1) is 0 Å². The number of carbonyl (C=O) groups excluding carboxylic acids is 2. The zero-order valence-corrected chi connectivity index (χ0v) is 12.6. The fraction of sp³-hybridized carbons (Fsp3) is 0.500. The van der Waals surface area contributed by atoms with Crippen LogP contribution in [0.4, 0.5) is 0 Å². The van der Waals surface area contributed by atoms with E-state index in [9.17, 15) is 9.59 Å². The van der Waals surface area contributed by atoms with Gasteiger partial charge in [-0.3, -0.25) is 9.59 Å². The number of nitrogens with one attached hydrogen (secondary N) is 1. The lowest BCUT2D eigenvalue weighted by Crippen LogP contribution is -2.49. The first-order valence-corrected chi connectivity index (χ1v) is 7.19. The molecule has 0 fully saturated rings. The summed E-state index contributed by atoms with van der Waals surface area (Å²) >= 11 is 0. The number of hydrogen-bond acceptors (Lipinski definition) is 2. The van der Waals surface area contributed by atoms with Gasteiger partial charge in [-0.05, 0) is 18.4 Å². The molecule has 4 heteroatoms. The van der Waals surface area contributed by atoms with E-state index in [1.54, 1.807) is 11.9 Å². The molecule has 0 aromatic heterocycles. The molecule has 0 spiro atoms. The average molecular weight is 276 g/mol. The Morgan fingerprint density at radius 2 is 1.85 bits per heavy atom. The molecule has 0 saturated heterocycles. The molecule has 1 unspecified atom stereocenters. The third-order valence-electron chi connectivity index (χ3n) is 3.42. The van der Waals surface area contributed by atoms with E-state index in [4.69, 9.17) is 0 Å². The highest BCUT2D eigenvalue weighted by atomic mass is 16.2. The minimum atomic E-state index is -0.379. The molecule has 4 nitrogen and oxygen atoms in total. The summed E-state index contributed by atoms with van der Waals surface area (Å²) in [6.07, 6.45) is 1.81. The van der Waals surface area contributed by atoms with Crippen molar-refractivity contribution in [3.05, 3.63) is 35.9 Å². The van der Waals surface area contributed by atoms with Gasteiger partial charge in [0.25, 0.3) is 0 Å². The second-order valence-electron chi connectivity index (χ2n) is 4.71. The number of benzene rings is 1. The van der Waals surface area contributed by atoms with Crippen molar-refractivity contribution in [2.45, 2.75) is 39.2 Å². The summed E-state index contributed by atoms with van der Waals surface area (Å²) in [6, 6.07) is 9.63. The summed E-state index contributed by atoms with van der Waals surface area (Å²) in [5.74, 6) is -0.0706. The van der Waals surface area contributed by atoms with Gasteiger partial charge in [-0.25, -0.2) is 0 Å². The minimum Gasteiger partial charge on any atom is -0.357 e. The summed E-state index contributed by atoms with van der Waals surface area (Å²) in [6.45, 7) is 4.33. The Balaban J connectivity index is 2.78. The molecule has 1 N–H and O–H groups in total. The predicted molar refractivity (Wildman–Crippen MR) is 80.3 cm³/mol. The zero-order valence-electron chi connectivity index (χ0n) is 12.6. The van der Waals surface area contributed by atoms with Crippen LogP contribution in [0.2, 0.25) is 0 Å². The monoisotopic (exact) mass is 276 g/mol. The number of nitrogens with zero attached hydrogens (tertiary/aromatic N) is 1. The Bertz CT molecular complexity index is 431. The van der Waals surface area contributed by atoms with Crippen molar-refractivity contribution in [1.82, 2.24) is 10.2 Å². The van der Waals surface area contributed by atoms with Crippen molar-refractivity contribution in [2.24, 2.45) is 0 Å². The second kappa shape index (κ2) is 8.35. The predicted octanol–water partition coefficient (Wildman–Crippen LogP) is 1.99. The van der Waals surface area contributed by atoms with Gasteiger partial charge in [-0.2, -0.15) is 0 Å². The van der Waals surface area contributed by atoms with Gasteiger partial charge in [-0.15, -0.1) is 0 Å². The van der Waals surface area contributed by atoms with Crippen molar-refractivity contribution in [3.8, 4) is 0 Å². The Kier molecular flexibility index (Phi) is 6.77. The van der Waals surface area contributed by atoms with Crippen LogP contribution in [0.1, 0.15) is 32.3 Å². The molecule has 1 atom stereocenters. The average Bonchev–Trinajstić information content (AvgIpc) is 2.51. The summed E-state index contributed by atoms with van der Waals surface area (Å²) in [7, 11) is 1.61. The van der Waals surface area contributed by atoms with E-state index in [0.29, 0.717) is 19.4 Å². The molecule has 0 aliphatic rings. The fourth-order valence-corrected chi connectivity index (χ4v) is 2.27. The van der Waals surface area contributed by atoms with E-state index in [2.05, 4.69) is 5.32 Å². The van der Waals surface area contributed by atoms with Crippen LogP contribution >= 0.6 is 0 Å². The van der Waals surface area contributed by atoms with Gasteiger partial charge in [0.15, 0.2) is 0 Å². The van der Waals surface area contributed by atoms with Gasteiger partial charge >= 0.3 is 0 Å². The van der Waals surface area contributed by atoms with Crippen LogP contribution in [0.3, 0.4) is 0 Å². The van der Waals surface area contributed by atoms with Crippen molar-refractivity contribution < 1.29 is 9.59 Å². The maximum Gasteiger partial charge on any atom is 0.242 e. The van der Waals surface area contributed by atoms with Crippen LogP contribution in [0.25, 0.3) is 0 Å². The number of carbonyl (C=O) groups is 2. The summed E-state index contributed by atoms with van der Waals surface area (Å²) < 4.78 is 0. The Labute approximate surface area is 121 Å². The van der Waals surface area contributed by atoms with Crippen LogP contribution in [0.15, 0.2) is 30.3 Å². The fourth-order valence-electron chi connectivity index (χ4n) is 2.27. The highest BCUT2D eigenvalue weighted by Gasteiger charge is 2.26. The molecule has 1 rings (SSSR count). The molecule has 0 bridgehead atoms. The first-order chi connectivity index (χ1) is 9.63. The van der Waals surface area contributed by atoms with Gasteiger partial charge < -0.3 is 10.2 Å². The number of amides is 2. The molecule has 0 saturated carbocycles. The maximum atomic E-state index is 12.1. The van der Waals surface area contributed by atoms with Crippen LogP contribution in [-0.4, -0.2) is 36.3 Å². The van der Waals surface area contributed by atoms with Crippen LogP contribution in [0.5, 0.6) is 0 Å². The molecule has 0 radical (unpaired) electrons. The van der Waals surface area contributed by atoms with E-state index in [1.807, 2.05) is 44.2 Å². The molecule has 0 aliphatic carbocycles. The van der Waals surface area contributed by atoms with E-state index < -0.39 is 0 Å². The maximum absolute atomic E-state index is 12.1. The lowest BCUT2D eigenvalue weighted by atomic mass is 10.1. The number of hydrogen-bond donors (Lipinski definition) is 1. The van der Waals surface area contributed by atoms with Crippen molar-refractivity contribution in [1.29, 1.82) is 0 Å². The van der Waals surface area contributed by atoms with E-state index in [1.165, 1.54) is 5.56 Å². The molecular formula is C16H24N2O2. The smallest absolute Gasteiger partial charge is 0.242 e. The molecule has 2 amide bonds. The largest absolute Gasteiger partial charge is 0.357 e. The Morgan fingerprint density at radius 1 is 1.20 bits per heavy atom. The minimum absolute atomic E-state index is 0.0244. The van der Waals surface area contributed by atoms with Gasteiger partial charge in [0.05, 0.1) is 0 Å². The van der Waals surface area contributed by atoms with Gasteiger partial charge in [-0.1, -0.05) is 44.2 Å². The standard InChI is InChI=1S/C16H24N2O2/c1-4-14(16(20)17-3)18(15(19)5-2)12-11-13-9-7-6-8-10-13/h6-10,14H,4-5,11-12H2,1-3H3,(H,17,20). The van der Waals surface area contributed by atoms with E-state index in [-0.39, 0.29) is 17.9 Å². The van der Waals surface area contributed by atoms with E-state index in [0.717, 1.165) is 6.42 Å². The Hall–Kier alpha value is -1.84. The Morgan fingerprint density at radius 3 is 2.35 bits per heavy atom. The first kappa shape index (κ1) is 16.2. The SMILES string of the molecule is CCC(=O)N(CCc1ccccc1)C(CC)C(=O)NC. The zero-order chi connectivity index (χ0) is 15.0. The summed E-state index contributed by atoms with van der Waals surface area (Å²) in [5, 5.41) is 2.64. The molecule has 110 valence electrons. The third-order valence-corrected chi connectivity index (χ3v) is 3.42. The topological polar surface area (TPSA) is 49.4 Å². The summed E-state index contributed by atoms with van der Waals surface area (Å²) in [5.41, 5.74) is 1.17. The lowest BCUT2D eigenvalue weighted by Gasteiger charge is -2.29. The third kappa shape index (κ3) is 4.37. The normalized spacial score (nSPS) is 11.8. The van der Waals surface area contributed by atoms with Crippen molar-refractivity contribution in [2.75, 3.05) is 13.6 Å². The quantitative estimate of drug-likeness (QED) is 0.828. The lowest BCUT2D eigenvalue weighted by molar-refractivity contribution is -0.140. The van der Waals surface area contributed by atoms with Crippen molar-refractivity contribution >= 4 is 11.8 Å². The second-order valence-corrected chi connectivity index (χ2v) is 4.71. The van der Waals surface area contributed by atoms with Crippen LogP contribution < -0.4 is 5.32 Å². The summed E-state index contributed by atoms with van der Waals surface area (Å²) in [4.78, 5) is 25.7. The van der Waals surface area contributed by atoms with E-state index >= 15 is 0 Å². The van der Waals surface area contributed by atoms with Gasteiger partial charge in [0, 0.05) is 20.0 Å². The molecule has 20 heavy (non-hydrogen) atoms. The molecule has 0 heterocycles.